The zero-order valence-corrected chi connectivity index (χ0v) is 24.5. The molecule has 4 aromatic rings. The van der Waals surface area contributed by atoms with Crippen LogP contribution in [0.4, 0.5) is 17.1 Å². The van der Waals surface area contributed by atoms with Crippen molar-refractivity contribution in [3.05, 3.63) is 112 Å². The summed E-state index contributed by atoms with van der Waals surface area (Å²) in [6.45, 7) is 1.30. The van der Waals surface area contributed by atoms with Crippen LogP contribution in [-0.2, 0) is 24.8 Å². The molecule has 4 aromatic carbocycles. The SMILES string of the molecule is Cc1cccc(N(CC(=O)Nc2ccc(S(=O)(=O)Nc3ccc(Br)cc3)cc2)S(=O)(=O)c2ccc(Cl)cc2)c1. The smallest absolute Gasteiger partial charge is 0.264 e. The topological polar surface area (TPSA) is 113 Å². The first-order chi connectivity index (χ1) is 18.4. The number of carbonyl (C=O) groups is 1. The Kier molecular flexibility index (Phi) is 8.65. The zero-order chi connectivity index (χ0) is 28.2. The van der Waals surface area contributed by atoms with Gasteiger partial charge in [-0.1, -0.05) is 39.7 Å². The number of nitrogens with zero attached hydrogens (tertiary/aromatic N) is 1. The van der Waals surface area contributed by atoms with Crippen molar-refractivity contribution in [1.29, 1.82) is 0 Å². The number of amides is 1. The second-order valence-corrected chi connectivity index (χ2v) is 13.4. The van der Waals surface area contributed by atoms with Crippen molar-refractivity contribution in [2.75, 3.05) is 20.9 Å². The van der Waals surface area contributed by atoms with E-state index in [0.29, 0.717) is 22.1 Å². The minimum absolute atomic E-state index is 0.00452. The first-order valence-corrected chi connectivity index (χ1v) is 15.6. The lowest BCUT2D eigenvalue weighted by molar-refractivity contribution is -0.114. The Morgan fingerprint density at radius 1 is 0.821 bits per heavy atom. The molecule has 0 saturated carbocycles. The highest BCUT2D eigenvalue weighted by Gasteiger charge is 2.27. The average molecular weight is 649 g/mol. The Bertz CT molecular complexity index is 1700. The van der Waals surface area contributed by atoms with Gasteiger partial charge in [0.15, 0.2) is 0 Å². The monoisotopic (exact) mass is 647 g/mol. The van der Waals surface area contributed by atoms with E-state index in [1.807, 2.05) is 13.0 Å². The Labute approximate surface area is 240 Å². The van der Waals surface area contributed by atoms with Crippen molar-refractivity contribution >= 4 is 70.5 Å². The number of sulfonamides is 2. The van der Waals surface area contributed by atoms with Crippen LogP contribution in [0.2, 0.25) is 5.02 Å². The molecular weight excluding hydrogens is 626 g/mol. The molecule has 4 rings (SSSR count). The second kappa shape index (κ2) is 11.8. The maximum Gasteiger partial charge on any atom is 0.264 e. The van der Waals surface area contributed by atoms with Crippen molar-refractivity contribution in [2.24, 2.45) is 0 Å². The Morgan fingerprint density at radius 3 is 2.03 bits per heavy atom. The molecule has 0 aliphatic carbocycles. The van der Waals surface area contributed by atoms with Gasteiger partial charge in [-0.2, -0.15) is 0 Å². The number of carbonyl (C=O) groups excluding carboxylic acids is 1. The highest BCUT2D eigenvalue weighted by Crippen LogP contribution is 2.26. The minimum Gasteiger partial charge on any atom is -0.325 e. The third-order valence-electron chi connectivity index (χ3n) is 5.52. The standard InChI is InChI=1S/C27H23BrClN3O5S2/c1-19-3-2-4-24(17-19)32(39(36,37)26-13-7-21(29)8-14-26)18-27(33)30-22-11-15-25(16-12-22)38(34,35)31-23-9-5-20(28)6-10-23/h2-17,31H,18H2,1H3,(H,30,33). The predicted octanol–water partition coefficient (Wildman–Crippen LogP) is 6.05. The minimum atomic E-state index is -4.11. The molecular formula is C27H23BrClN3O5S2. The maximum absolute atomic E-state index is 13.5. The molecule has 12 heteroatoms. The van der Waals surface area contributed by atoms with Crippen LogP contribution in [0.3, 0.4) is 0 Å². The van der Waals surface area contributed by atoms with Gasteiger partial charge in [0.25, 0.3) is 20.0 Å². The summed E-state index contributed by atoms with van der Waals surface area (Å²) in [6.07, 6.45) is 0. The van der Waals surface area contributed by atoms with Gasteiger partial charge in [-0.15, -0.1) is 0 Å². The van der Waals surface area contributed by atoms with E-state index in [1.165, 1.54) is 48.5 Å². The number of anilines is 3. The Hall–Kier alpha value is -3.38. The second-order valence-electron chi connectivity index (χ2n) is 8.49. The van der Waals surface area contributed by atoms with Gasteiger partial charge in [-0.3, -0.25) is 13.8 Å². The first kappa shape index (κ1) is 28.6. The summed E-state index contributed by atoms with van der Waals surface area (Å²) in [6, 6.07) is 24.7. The fourth-order valence-corrected chi connectivity index (χ4v) is 6.47. The summed E-state index contributed by atoms with van der Waals surface area (Å²) in [5.41, 5.74) is 1.84. The maximum atomic E-state index is 13.5. The van der Waals surface area contributed by atoms with Crippen LogP contribution in [0, 0.1) is 6.92 Å². The van der Waals surface area contributed by atoms with Crippen LogP contribution in [0.25, 0.3) is 0 Å². The van der Waals surface area contributed by atoms with Gasteiger partial charge in [-0.05, 0) is 97.4 Å². The van der Waals surface area contributed by atoms with Gasteiger partial charge in [-0.25, -0.2) is 16.8 Å². The van der Waals surface area contributed by atoms with E-state index in [-0.39, 0.29) is 9.79 Å². The molecule has 0 aromatic heterocycles. The zero-order valence-electron chi connectivity index (χ0n) is 20.5. The Balaban J connectivity index is 1.53. The van der Waals surface area contributed by atoms with E-state index in [4.69, 9.17) is 11.6 Å². The summed E-state index contributed by atoms with van der Waals surface area (Å²) in [7, 11) is -7.97. The number of halogens is 2. The molecule has 0 atom stereocenters. The molecule has 1 amide bonds. The molecule has 0 heterocycles. The average Bonchev–Trinajstić information content (AvgIpc) is 2.89. The van der Waals surface area contributed by atoms with E-state index >= 15 is 0 Å². The third-order valence-corrected chi connectivity index (χ3v) is 9.49. The fraction of sp³-hybridized carbons (Fsp3) is 0.0741. The lowest BCUT2D eigenvalue weighted by Gasteiger charge is -2.24. The highest BCUT2D eigenvalue weighted by atomic mass is 79.9. The molecule has 8 nitrogen and oxygen atoms in total. The quantitative estimate of drug-likeness (QED) is 0.230. The molecule has 0 aliphatic rings. The molecule has 202 valence electrons. The molecule has 0 unspecified atom stereocenters. The van der Waals surface area contributed by atoms with E-state index < -0.39 is 32.5 Å². The van der Waals surface area contributed by atoms with Crippen LogP contribution in [0.15, 0.2) is 111 Å². The summed E-state index contributed by atoms with van der Waals surface area (Å²) in [4.78, 5) is 13.0. The summed E-state index contributed by atoms with van der Waals surface area (Å²) < 4.78 is 56.8. The predicted molar refractivity (Wildman–Crippen MR) is 157 cm³/mol. The molecule has 0 radical (unpaired) electrons. The number of rotatable bonds is 9. The summed E-state index contributed by atoms with van der Waals surface area (Å²) >= 11 is 9.22. The molecule has 39 heavy (non-hydrogen) atoms. The van der Waals surface area contributed by atoms with Crippen molar-refractivity contribution < 1.29 is 21.6 Å². The number of hydrogen-bond donors (Lipinski definition) is 2. The molecule has 0 spiro atoms. The third kappa shape index (κ3) is 7.18. The summed E-state index contributed by atoms with van der Waals surface area (Å²) in [5, 5.41) is 3.02. The highest BCUT2D eigenvalue weighted by molar-refractivity contribution is 9.10. The van der Waals surface area contributed by atoms with Gasteiger partial charge in [0, 0.05) is 20.9 Å². The van der Waals surface area contributed by atoms with Gasteiger partial charge in [0.2, 0.25) is 5.91 Å². The lowest BCUT2D eigenvalue weighted by atomic mass is 10.2. The van der Waals surface area contributed by atoms with E-state index in [9.17, 15) is 21.6 Å². The van der Waals surface area contributed by atoms with Crippen LogP contribution in [0.5, 0.6) is 0 Å². The van der Waals surface area contributed by atoms with E-state index in [1.54, 1.807) is 42.5 Å². The van der Waals surface area contributed by atoms with E-state index in [0.717, 1.165) is 14.3 Å². The van der Waals surface area contributed by atoms with Crippen LogP contribution in [0.1, 0.15) is 5.56 Å². The Morgan fingerprint density at radius 2 is 1.41 bits per heavy atom. The van der Waals surface area contributed by atoms with Gasteiger partial charge in [0.1, 0.15) is 6.54 Å². The fourth-order valence-electron chi connectivity index (χ4n) is 3.61. The lowest BCUT2D eigenvalue weighted by Crippen LogP contribution is -2.38. The number of benzene rings is 4. The largest absolute Gasteiger partial charge is 0.325 e. The molecule has 0 saturated heterocycles. The molecule has 0 fully saturated rings. The van der Waals surface area contributed by atoms with Gasteiger partial charge >= 0.3 is 0 Å². The normalized spacial score (nSPS) is 11.6. The summed E-state index contributed by atoms with van der Waals surface area (Å²) in [5.74, 6) is -0.613. The van der Waals surface area contributed by atoms with Crippen LogP contribution >= 0.6 is 27.5 Å². The van der Waals surface area contributed by atoms with Gasteiger partial charge < -0.3 is 5.32 Å². The van der Waals surface area contributed by atoms with Gasteiger partial charge in [0.05, 0.1) is 15.5 Å². The molecule has 0 bridgehead atoms. The molecule has 0 aliphatic heterocycles. The number of nitrogens with one attached hydrogen (secondary N) is 2. The van der Waals surface area contributed by atoms with Crippen LogP contribution < -0.4 is 14.3 Å². The van der Waals surface area contributed by atoms with Crippen LogP contribution in [-0.4, -0.2) is 29.3 Å². The first-order valence-electron chi connectivity index (χ1n) is 11.5. The van der Waals surface area contributed by atoms with Crippen molar-refractivity contribution in [1.82, 2.24) is 0 Å². The number of hydrogen-bond acceptors (Lipinski definition) is 5. The van der Waals surface area contributed by atoms with Crippen molar-refractivity contribution in [2.45, 2.75) is 16.7 Å². The number of aryl methyl sites for hydroxylation is 1. The van der Waals surface area contributed by atoms with Crippen molar-refractivity contribution in [3.8, 4) is 0 Å². The van der Waals surface area contributed by atoms with Crippen molar-refractivity contribution in [3.63, 3.8) is 0 Å². The molecule has 2 N–H and O–H groups in total. The van der Waals surface area contributed by atoms with E-state index in [2.05, 4.69) is 26.0 Å².